The van der Waals surface area contributed by atoms with Crippen molar-refractivity contribution in [1.29, 1.82) is 0 Å². The van der Waals surface area contributed by atoms with E-state index in [1.807, 2.05) is 0 Å². The maximum Gasteiger partial charge on any atom is 0.420 e. The quantitative estimate of drug-likeness (QED) is 0.401. The van der Waals surface area contributed by atoms with Gasteiger partial charge in [0.05, 0.1) is 17.3 Å². The van der Waals surface area contributed by atoms with E-state index in [9.17, 15) is 22.8 Å². The van der Waals surface area contributed by atoms with Gasteiger partial charge in [0, 0.05) is 36.5 Å². The summed E-state index contributed by atoms with van der Waals surface area (Å²) >= 11 is 0. The Bertz CT molecular complexity index is 1500. The van der Waals surface area contributed by atoms with Crippen LogP contribution < -0.4 is 11.1 Å². The molecule has 0 bridgehead atoms. The highest BCUT2D eigenvalue weighted by Gasteiger charge is 2.51. The first-order valence-electron chi connectivity index (χ1n) is 12.6. The van der Waals surface area contributed by atoms with Crippen molar-refractivity contribution in [1.82, 2.24) is 19.9 Å². The molecule has 1 saturated heterocycles. The van der Waals surface area contributed by atoms with Crippen LogP contribution in [0.4, 0.5) is 29.6 Å². The maximum absolute atomic E-state index is 13.7. The van der Waals surface area contributed by atoms with Crippen molar-refractivity contribution in [2.24, 2.45) is 5.73 Å². The van der Waals surface area contributed by atoms with Gasteiger partial charge in [-0.15, -0.1) is 0 Å². The summed E-state index contributed by atoms with van der Waals surface area (Å²) < 4.78 is 41.2. The smallest absolute Gasteiger partial charge is 0.420 e. The van der Waals surface area contributed by atoms with E-state index >= 15 is 0 Å². The summed E-state index contributed by atoms with van der Waals surface area (Å²) in [4.78, 5) is 36.8. The fourth-order valence-electron chi connectivity index (χ4n) is 4.87. The molecule has 4 N–H and O–H groups in total. The molecule has 1 aromatic carbocycles. The molecule has 2 aliphatic rings. The highest BCUT2D eigenvalue weighted by Crippen LogP contribution is 2.49. The van der Waals surface area contributed by atoms with Gasteiger partial charge in [-0.25, -0.2) is 14.8 Å². The van der Waals surface area contributed by atoms with Crippen LogP contribution in [0, 0.1) is 11.8 Å². The van der Waals surface area contributed by atoms with Gasteiger partial charge in [0.2, 0.25) is 11.9 Å². The van der Waals surface area contributed by atoms with Crippen molar-refractivity contribution < 1.29 is 27.9 Å². The molecule has 0 spiro atoms. The number of anilines is 2. The molecule has 1 aliphatic heterocycles. The Morgan fingerprint density at radius 2 is 1.77 bits per heavy atom. The highest BCUT2D eigenvalue weighted by atomic mass is 19.4. The van der Waals surface area contributed by atoms with E-state index < -0.39 is 34.8 Å². The number of pyridine rings is 1. The molecular weight excluding hydrogens is 525 g/mol. The number of alkyl halides is 3. The number of likely N-dealkylation sites (tertiary alicyclic amines) is 1. The van der Waals surface area contributed by atoms with Gasteiger partial charge in [0.25, 0.3) is 0 Å². The minimum absolute atomic E-state index is 0.0919. The van der Waals surface area contributed by atoms with E-state index in [0.29, 0.717) is 61.8 Å². The molecule has 0 unspecified atom stereocenters. The maximum atomic E-state index is 13.7. The number of hydrogen-bond donors (Lipinski definition) is 3. The topological polar surface area (TPSA) is 134 Å². The first-order valence-corrected chi connectivity index (χ1v) is 12.6. The fourth-order valence-corrected chi connectivity index (χ4v) is 4.87. The second-order valence-electron chi connectivity index (χ2n) is 9.84. The van der Waals surface area contributed by atoms with Crippen molar-refractivity contribution in [3.63, 3.8) is 0 Å². The Hall–Kier alpha value is -4.66. The lowest BCUT2D eigenvalue weighted by Gasteiger charge is -2.29. The van der Waals surface area contributed by atoms with Gasteiger partial charge >= 0.3 is 12.3 Å². The van der Waals surface area contributed by atoms with Gasteiger partial charge in [-0.05, 0) is 55.4 Å². The monoisotopic (exact) mass is 550 g/mol. The number of hydrogen-bond acceptors (Lipinski definition) is 6. The van der Waals surface area contributed by atoms with Crippen LogP contribution in [0.1, 0.15) is 59.7 Å². The number of nitrogens with two attached hydrogens (primary N) is 1. The average molecular weight is 551 g/mol. The van der Waals surface area contributed by atoms with Crippen LogP contribution in [0.3, 0.4) is 0 Å². The van der Waals surface area contributed by atoms with Crippen molar-refractivity contribution in [3.05, 3.63) is 76.9 Å². The number of carbonyl (C=O) groups is 2. The number of nitrogens with one attached hydrogen (secondary N) is 1. The molecule has 9 nitrogen and oxygen atoms in total. The van der Waals surface area contributed by atoms with Crippen LogP contribution in [-0.4, -0.2) is 50.0 Å². The molecule has 5 rings (SSSR count). The number of nitrogens with zero attached hydrogens (tertiary/aromatic N) is 4. The van der Waals surface area contributed by atoms with Crippen molar-refractivity contribution in [2.75, 3.05) is 18.4 Å². The average Bonchev–Trinajstić information content (AvgIpc) is 3.74. The van der Waals surface area contributed by atoms with E-state index in [1.165, 1.54) is 11.1 Å². The van der Waals surface area contributed by atoms with Crippen molar-refractivity contribution in [3.8, 4) is 11.8 Å². The lowest BCUT2D eigenvalue weighted by Crippen LogP contribution is -2.36. The second kappa shape index (κ2) is 10.5. The van der Waals surface area contributed by atoms with Crippen LogP contribution >= 0.6 is 0 Å². The third-order valence-corrected chi connectivity index (χ3v) is 7.30. The summed E-state index contributed by atoms with van der Waals surface area (Å²) in [6.07, 6.45) is -1.04. The zero-order valence-corrected chi connectivity index (χ0v) is 21.2. The lowest BCUT2D eigenvalue weighted by atomic mass is 9.91. The highest BCUT2D eigenvalue weighted by molar-refractivity contribution is 5.90. The zero-order valence-electron chi connectivity index (χ0n) is 21.2. The lowest BCUT2D eigenvalue weighted by molar-refractivity contribution is -0.138. The van der Waals surface area contributed by atoms with Crippen molar-refractivity contribution >= 4 is 23.6 Å². The normalized spacial score (nSPS) is 16.5. The van der Waals surface area contributed by atoms with E-state index in [-0.39, 0.29) is 11.9 Å². The first kappa shape index (κ1) is 26.9. The number of amides is 2. The van der Waals surface area contributed by atoms with E-state index in [1.54, 1.807) is 36.4 Å². The van der Waals surface area contributed by atoms with Crippen LogP contribution in [0.5, 0.6) is 0 Å². The van der Waals surface area contributed by atoms with Crippen LogP contribution in [0.15, 0.2) is 48.8 Å². The van der Waals surface area contributed by atoms with Crippen molar-refractivity contribution in [2.45, 2.75) is 43.2 Å². The van der Waals surface area contributed by atoms with Gasteiger partial charge in [-0.2, -0.15) is 13.2 Å². The Kier molecular flexibility index (Phi) is 7.06. The number of carboxylic acid groups (broad SMARTS) is 1. The van der Waals surface area contributed by atoms with Gasteiger partial charge in [0.15, 0.2) is 0 Å². The zero-order chi connectivity index (χ0) is 28.5. The Balaban J connectivity index is 1.38. The Labute approximate surface area is 227 Å². The number of halogens is 3. The fraction of sp³-hybridized carbons (Fsp3) is 0.321. The molecule has 12 heteroatoms. The number of aromatic nitrogens is 3. The minimum atomic E-state index is -4.73. The third-order valence-electron chi connectivity index (χ3n) is 7.30. The van der Waals surface area contributed by atoms with Gasteiger partial charge in [-0.3, -0.25) is 9.78 Å². The predicted octanol–water partition coefficient (Wildman–Crippen LogP) is 4.41. The summed E-state index contributed by atoms with van der Waals surface area (Å²) in [6, 6.07) is 10.3. The van der Waals surface area contributed by atoms with Gasteiger partial charge in [-0.1, -0.05) is 24.1 Å². The largest absolute Gasteiger partial charge is 0.465 e. The van der Waals surface area contributed by atoms with Gasteiger partial charge in [0.1, 0.15) is 11.3 Å². The summed E-state index contributed by atoms with van der Waals surface area (Å²) in [5, 5.41) is 12.0. The molecule has 2 fully saturated rings. The first-order chi connectivity index (χ1) is 19.1. The van der Waals surface area contributed by atoms with Crippen LogP contribution in [0.2, 0.25) is 0 Å². The number of primary amides is 1. The standard InChI is InChI=1S/C28H25F3N6O3/c29-28(30,31)21-16-34-25(35-19-6-8-22(33-15-19)18-9-13-37(14-10-18)26(39)40)36-23(21)7-5-17-3-1-2-4-20(17)27(11-12-27)24(32)38/h1-4,6,8,15-16,18H,9-14H2,(H2,32,38)(H,39,40)(H,34,35,36). The van der Waals surface area contributed by atoms with Crippen LogP contribution in [0.25, 0.3) is 0 Å². The molecule has 3 aromatic rings. The predicted molar refractivity (Wildman–Crippen MR) is 139 cm³/mol. The molecule has 2 aromatic heterocycles. The van der Waals surface area contributed by atoms with Crippen LogP contribution in [-0.2, 0) is 16.4 Å². The summed E-state index contributed by atoms with van der Waals surface area (Å²) in [5.41, 5.74) is 5.42. The molecular formula is C28H25F3N6O3. The van der Waals surface area contributed by atoms with Gasteiger partial charge < -0.3 is 21.1 Å². The Morgan fingerprint density at radius 1 is 1.05 bits per heavy atom. The molecule has 1 saturated carbocycles. The molecule has 1 aliphatic carbocycles. The van der Waals surface area contributed by atoms with E-state index in [2.05, 4.69) is 32.1 Å². The second-order valence-corrected chi connectivity index (χ2v) is 9.84. The summed E-state index contributed by atoms with van der Waals surface area (Å²) in [6.45, 7) is 0.859. The Morgan fingerprint density at radius 3 is 2.38 bits per heavy atom. The SMILES string of the molecule is NC(=O)C1(c2ccccc2C#Cc2nc(Nc3ccc(C4CCN(C(=O)O)CC4)nc3)ncc2C(F)(F)F)CC1. The molecule has 40 heavy (non-hydrogen) atoms. The molecule has 0 radical (unpaired) electrons. The van der Waals surface area contributed by atoms with E-state index in [4.69, 9.17) is 10.8 Å². The molecule has 0 atom stereocenters. The number of piperidine rings is 1. The number of benzene rings is 1. The van der Waals surface area contributed by atoms with E-state index in [0.717, 1.165) is 5.69 Å². The molecule has 2 amide bonds. The third kappa shape index (κ3) is 5.54. The molecule has 206 valence electrons. The molecule has 3 heterocycles. The summed E-state index contributed by atoms with van der Waals surface area (Å²) in [7, 11) is 0. The number of carbonyl (C=O) groups excluding carboxylic acids is 1. The number of rotatable bonds is 5. The minimum Gasteiger partial charge on any atom is -0.465 e. The summed E-state index contributed by atoms with van der Waals surface area (Å²) in [5.74, 6) is 4.82.